The maximum Gasteiger partial charge on any atom is 0.326 e. The molecule has 0 rings (SSSR count). The van der Waals surface area contributed by atoms with Gasteiger partial charge in [-0.15, -0.1) is 0 Å². The van der Waals surface area contributed by atoms with Crippen LogP contribution in [0.5, 0.6) is 0 Å². The summed E-state index contributed by atoms with van der Waals surface area (Å²) in [6, 6.07) is -1.57. The van der Waals surface area contributed by atoms with Crippen molar-refractivity contribution in [2.24, 2.45) is 0 Å². The third kappa shape index (κ3) is 5.02. The lowest BCUT2D eigenvalue weighted by molar-refractivity contribution is -0.139. The van der Waals surface area contributed by atoms with Gasteiger partial charge in [0.15, 0.2) is 0 Å². The highest BCUT2D eigenvalue weighted by Gasteiger charge is 2.18. The van der Waals surface area contributed by atoms with E-state index in [1.54, 1.807) is 6.92 Å². The molecule has 4 N–H and O–H groups in total. The Hall–Kier alpha value is -1.30. The van der Waals surface area contributed by atoms with Crippen LogP contribution in [0.2, 0.25) is 0 Å². The number of carbonyl (C=O) groups is 2. The van der Waals surface area contributed by atoms with Gasteiger partial charge in [-0.1, -0.05) is 0 Å². The predicted molar refractivity (Wildman–Crippen MR) is 45.3 cm³/mol. The van der Waals surface area contributed by atoms with Gasteiger partial charge in [-0.25, -0.2) is 9.59 Å². The van der Waals surface area contributed by atoms with Gasteiger partial charge in [0.25, 0.3) is 0 Å². The Morgan fingerprint density at radius 1 is 1.46 bits per heavy atom. The normalized spacial score (nSPS) is 11.8. The highest BCUT2D eigenvalue weighted by Crippen LogP contribution is 1.90. The Morgan fingerprint density at radius 3 is 2.46 bits per heavy atom. The second-order valence-electron chi connectivity index (χ2n) is 2.41. The second-order valence-corrected chi connectivity index (χ2v) is 2.41. The van der Waals surface area contributed by atoms with E-state index in [4.69, 9.17) is 10.2 Å². The van der Waals surface area contributed by atoms with Crippen LogP contribution < -0.4 is 10.6 Å². The van der Waals surface area contributed by atoms with E-state index in [2.05, 4.69) is 10.6 Å². The molecule has 0 aliphatic carbocycles. The SMILES string of the molecule is CCNC(=O)N[C@H](CCO)C(=O)O. The zero-order valence-corrected chi connectivity index (χ0v) is 7.41. The van der Waals surface area contributed by atoms with Gasteiger partial charge < -0.3 is 20.8 Å². The van der Waals surface area contributed by atoms with Gasteiger partial charge >= 0.3 is 12.0 Å². The lowest BCUT2D eigenvalue weighted by Gasteiger charge is -2.12. The summed E-state index contributed by atoms with van der Waals surface area (Å²) in [5.41, 5.74) is 0. The van der Waals surface area contributed by atoms with Gasteiger partial charge in [0.1, 0.15) is 6.04 Å². The molecule has 0 aromatic carbocycles. The number of aliphatic hydroxyl groups is 1. The number of rotatable bonds is 5. The molecule has 0 bridgehead atoms. The number of aliphatic hydroxyl groups excluding tert-OH is 1. The number of urea groups is 1. The number of hydrogen-bond acceptors (Lipinski definition) is 3. The number of carboxylic acids is 1. The summed E-state index contributed by atoms with van der Waals surface area (Å²) in [5.74, 6) is -1.15. The first-order valence-electron chi connectivity index (χ1n) is 3.99. The molecule has 1 atom stereocenters. The molecule has 0 aliphatic heterocycles. The summed E-state index contributed by atoms with van der Waals surface area (Å²) in [5, 5.41) is 21.7. The Morgan fingerprint density at radius 2 is 2.08 bits per heavy atom. The van der Waals surface area contributed by atoms with Crippen molar-refractivity contribution in [1.29, 1.82) is 0 Å². The number of carboxylic acid groups (broad SMARTS) is 1. The molecular weight excluding hydrogens is 176 g/mol. The van der Waals surface area contributed by atoms with Crippen molar-refractivity contribution in [3.63, 3.8) is 0 Å². The molecule has 13 heavy (non-hydrogen) atoms. The van der Waals surface area contributed by atoms with E-state index in [9.17, 15) is 9.59 Å². The van der Waals surface area contributed by atoms with Gasteiger partial charge in [-0.2, -0.15) is 0 Å². The van der Waals surface area contributed by atoms with E-state index in [1.165, 1.54) is 0 Å². The molecule has 0 aliphatic rings. The third-order valence-electron chi connectivity index (χ3n) is 1.36. The van der Waals surface area contributed by atoms with Crippen LogP contribution >= 0.6 is 0 Å². The van der Waals surface area contributed by atoms with Crippen LogP contribution in [-0.4, -0.2) is 41.4 Å². The van der Waals surface area contributed by atoms with Crippen LogP contribution in [-0.2, 0) is 4.79 Å². The summed E-state index contributed by atoms with van der Waals surface area (Å²) in [4.78, 5) is 21.3. The third-order valence-corrected chi connectivity index (χ3v) is 1.36. The molecule has 0 aromatic heterocycles. The Balaban J connectivity index is 3.94. The average Bonchev–Trinajstić information content (AvgIpc) is 2.04. The topological polar surface area (TPSA) is 98.7 Å². The van der Waals surface area contributed by atoms with Crippen LogP contribution in [0.15, 0.2) is 0 Å². The fraction of sp³-hybridized carbons (Fsp3) is 0.714. The molecule has 0 spiro atoms. The number of nitrogens with one attached hydrogen (secondary N) is 2. The molecule has 0 heterocycles. The van der Waals surface area contributed by atoms with E-state index in [0.29, 0.717) is 6.54 Å². The lowest BCUT2D eigenvalue weighted by atomic mass is 10.2. The Kier molecular flexibility index (Phi) is 5.62. The predicted octanol–water partition coefficient (Wildman–Crippen LogP) is -0.859. The van der Waals surface area contributed by atoms with Crippen LogP contribution in [0.4, 0.5) is 4.79 Å². The van der Waals surface area contributed by atoms with Gasteiger partial charge in [0.2, 0.25) is 0 Å². The van der Waals surface area contributed by atoms with Crippen LogP contribution in [0.25, 0.3) is 0 Å². The zero-order chi connectivity index (χ0) is 10.3. The fourth-order valence-corrected chi connectivity index (χ4v) is 0.756. The van der Waals surface area contributed by atoms with Gasteiger partial charge in [0, 0.05) is 19.6 Å². The minimum atomic E-state index is -1.15. The van der Waals surface area contributed by atoms with Crippen molar-refractivity contribution in [2.75, 3.05) is 13.2 Å². The van der Waals surface area contributed by atoms with Gasteiger partial charge in [-0.05, 0) is 6.92 Å². The van der Waals surface area contributed by atoms with Crippen molar-refractivity contribution in [2.45, 2.75) is 19.4 Å². The van der Waals surface area contributed by atoms with Crippen LogP contribution in [0.3, 0.4) is 0 Å². The second kappa shape index (κ2) is 6.24. The highest BCUT2D eigenvalue weighted by atomic mass is 16.4. The molecule has 6 nitrogen and oxygen atoms in total. The summed E-state index contributed by atoms with van der Waals surface area (Å²) in [6.45, 7) is 1.88. The maximum atomic E-state index is 10.9. The monoisotopic (exact) mass is 190 g/mol. The molecule has 2 amide bonds. The summed E-state index contributed by atoms with van der Waals surface area (Å²) >= 11 is 0. The first kappa shape index (κ1) is 11.7. The quantitative estimate of drug-likeness (QED) is 0.453. The molecule has 0 saturated heterocycles. The summed E-state index contributed by atoms with van der Waals surface area (Å²) in [7, 11) is 0. The molecule has 0 fully saturated rings. The smallest absolute Gasteiger partial charge is 0.326 e. The molecule has 0 saturated carbocycles. The average molecular weight is 190 g/mol. The number of carbonyl (C=O) groups excluding carboxylic acids is 1. The molecular formula is C7H14N2O4. The minimum Gasteiger partial charge on any atom is -0.480 e. The van der Waals surface area contributed by atoms with Crippen molar-refractivity contribution in [3.8, 4) is 0 Å². The molecule has 76 valence electrons. The van der Waals surface area contributed by atoms with Crippen molar-refractivity contribution in [1.82, 2.24) is 10.6 Å². The minimum absolute atomic E-state index is 0.00642. The van der Waals surface area contributed by atoms with E-state index in [-0.39, 0.29) is 13.0 Å². The van der Waals surface area contributed by atoms with Crippen LogP contribution in [0.1, 0.15) is 13.3 Å². The van der Waals surface area contributed by atoms with Crippen molar-refractivity contribution < 1.29 is 19.8 Å². The van der Waals surface area contributed by atoms with Gasteiger partial charge in [-0.3, -0.25) is 0 Å². The van der Waals surface area contributed by atoms with Crippen LogP contribution in [0, 0.1) is 0 Å². The van der Waals surface area contributed by atoms with Crippen molar-refractivity contribution >= 4 is 12.0 Å². The summed E-state index contributed by atoms with van der Waals surface area (Å²) in [6.07, 6.45) is 0.00642. The highest BCUT2D eigenvalue weighted by molar-refractivity contribution is 5.82. The number of hydrogen-bond donors (Lipinski definition) is 4. The van der Waals surface area contributed by atoms with Gasteiger partial charge in [0.05, 0.1) is 0 Å². The van der Waals surface area contributed by atoms with E-state index < -0.39 is 18.0 Å². The largest absolute Gasteiger partial charge is 0.480 e. The maximum absolute atomic E-state index is 10.9. The first-order chi connectivity index (χ1) is 6.11. The summed E-state index contributed by atoms with van der Waals surface area (Å²) < 4.78 is 0. The first-order valence-corrected chi connectivity index (χ1v) is 3.99. The fourth-order valence-electron chi connectivity index (χ4n) is 0.756. The van der Waals surface area contributed by atoms with E-state index in [1.807, 2.05) is 0 Å². The lowest BCUT2D eigenvalue weighted by Crippen LogP contribution is -2.46. The van der Waals surface area contributed by atoms with E-state index in [0.717, 1.165) is 0 Å². The Bertz CT molecular complexity index is 183. The number of aliphatic carboxylic acids is 1. The van der Waals surface area contributed by atoms with Crippen molar-refractivity contribution in [3.05, 3.63) is 0 Å². The number of amides is 2. The molecule has 0 radical (unpaired) electrons. The standard InChI is InChI=1S/C7H14N2O4/c1-2-8-7(13)9-5(3-4-10)6(11)12/h5,10H,2-4H2,1H3,(H,11,12)(H2,8,9,13)/t5-/m1/s1. The van der Waals surface area contributed by atoms with E-state index >= 15 is 0 Å². The Labute approximate surface area is 75.9 Å². The molecule has 0 unspecified atom stereocenters. The molecule has 6 heteroatoms. The zero-order valence-electron chi connectivity index (χ0n) is 7.41. The molecule has 0 aromatic rings.